The Morgan fingerprint density at radius 1 is 1.00 bits per heavy atom. The van der Waals surface area contributed by atoms with Crippen molar-refractivity contribution in [1.82, 2.24) is 0 Å². The van der Waals surface area contributed by atoms with E-state index in [0.717, 1.165) is 15.7 Å². The zero-order valence-electron chi connectivity index (χ0n) is 9.45. The van der Waals surface area contributed by atoms with Crippen LogP contribution in [0.5, 0.6) is 0 Å². The van der Waals surface area contributed by atoms with Crippen LogP contribution in [0.3, 0.4) is 0 Å². The van der Waals surface area contributed by atoms with Crippen LogP contribution in [0.25, 0.3) is 10.8 Å². The molecule has 1 unspecified atom stereocenters. The van der Waals surface area contributed by atoms with Crippen molar-refractivity contribution in [2.75, 3.05) is 0 Å². The Morgan fingerprint density at radius 2 is 1.89 bits per heavy atom. The van der Waals surface area contributed by atoms with Crippen LogP contribution in [0.4, 0.5) is 0 Å². The smallest absolute Gasteiger partial charge is 0.138 e. The van der Waals surface area contributed by atoms with Crippen LogP contribution >= 0.6 is 11.8 Å². The number of hydrogen-bond acceptors (Lipinski definition) is 4. The fraction of sp³-hybridized carbons (Fsp3) is 0.0714. The third-order valence-electron chi connectivity index (χ3n) is 3.07. The van der Waals surface area contributed by atoms with Crippen LogP contribution in [-0.2, 0) is 0 Å². The van der Waals surface area contributed by atoms with E-state index in [2.05, 4.69) is 57.7 Å². The first-order valence-electron chi connectivity index (χ1n) is 5.76. The van der Waals surface area contributed by atoms with Crippen molar-refractivity contribution in [3.8, 4) is 0 Å². The summed E-state index contributed by atoms with van der Waals surface area (Å²) in [7, 11) is 0. The minimum absolute atomic E-state index is 0.0523. The van der Waals surface area contributed by atoms with Gasteiger partial charge in [0.05, 0.1) is 6.21 Å². The second-order valence-corrected chi connectivity index (χ2v) is 5.25. The Kier molecular flexibility index (Phi) is 2.11. The predicted octanol–water partition coefficient (Wildman–Crippen LogP) is 3.10. The molecule has 0 N–H and O–H groups in total. The van der Waals surface area contributed by atoms with Gasteiger partial charge in [0.1, 0.15) is 16.1 Å². The van der Waals surface area contributed by atoms with Crippen LogP contribution in [-0.4, -0.2) is 22.3 Å². The van der Waals surface area contributed by atoms with E-state index in [9.17, 15) is 0 Å². The van der Waals surface area contributed by atoms with E-state index in [-0.39, 0.29) is 6.04 Å². The van der Waals surface area contributed by atoms with E-state index in [0.29, 0.717) is 0 Å². The van der Waals surface area contributed by atoms with Gasteiger partial charge < -0.3 is 0 Å². The Bertz CT molecular complexity index is 731. The van der Waals surface area contributed by atoms with Gasteiger partial charge in [-0.3, -0.25) is 4.99 Å². The average molecular weight is 251 g/mol. The molecule has 0 saturated carbocycles. The maximum Gasteiger partial charge on any atom is 0.138 e. The Morgan fingerprint density at radius 3 is 2.78 bits per heavy atom. The zero-order chi connectivity index (χ0) is 11.9. The molecule has 0 fully saturated rings. The summed E-state index contributed by atoms with van der Waals surface area (Å²) in [6, 6.07) is 14.8. The molecule has 3 nitrogen and oxygen atoms in total. The van der Waals surface area contributed by atoms with Gasteiger partial charge in [0.25, 0.3) is 0 Å². The zero-order valence-corrected chi connectivity index (χ0v) is 10.3. The van der Waals surface area contributed by atoms with Crippen molar-refractivity contribution < 1.29 is 0 Å². The molecule has 0 aromatic heterocycles. The van der Waals surface area contributed by atoms with Crippen molar-refractivity contribution in [2.24, 2.45) is 15.2 Å². The summed E-state index contributed by atoms with van der Waals surface area (Å²) in [5.41, 5.74) is 1.16. The summed E-state index contributed by atoms with van der Waals surface area (Å²) in [6.07, 6.45) is 1.79. The molecular formula is C14H9N3S. The largest absolute Gasteiger partial charge is 0.261 e. The molecule has 18 heavy (non-hydrogen) atoms. The summed E-state index contributed by atoms with van der Waals surface area (Å²) < 4.78 is 0. The lowest BCUT2D eigenvalue weighted by atomic mass is 10.1. The highest BCUT2D eigenvalue weighted by atomic mass is 32.2. The fourth-order valence-electron chi connectivity index (χ4n) is 2.15. The van der Waals surface area contributed by atoms with Gasteiger partial charge in [0, 0.05) is 5.56 Å². The second kappa shape index (κ2) is 3.78. The molecule has 4 rings (SSSR count). The third kappa shape index (κ3) is 1.49. The van der Waals surface area contributed by atoms with E-state index in [1.165, 1.54) is 10.8 Å². The minimum Gasteiger partial charge on any atom is -0.261 e. The van der Waals surface area contributed by atoms with E-state index < -0.39 is 0 Å². The topological polar surface area (TPSA) is 37.1 Å². The quantitative estimate of drug-likeness (QED) is 0.767. The van der Waals surface area contributed by atoms with Gasteiger partial charge in [-0.15, -0.1) is 5.10 Å². The molecule has 2 aromatic carbocycles. The lowest BCUT2D eigenvalue weighted by molar-refractivity contribution is 1.22. The third-order valence-corrected chi connectivity index (χ3v) is 4.14. The monoisotopic (exact) mass is 251 g/mol. The van der Waals surface area contributed by atoms with Crippen LogP contribution < -0.4 is 0 Å². The first-order valence-corrected chi connectivity index (χ1v) is 6.58. The number of aliphatic imine (C=N–C) groups is 1. The molecule has 86 valence electrons. The van der Waals surface area contributed by atoms with Gasteiger partial charge in [0.2, 0.25) is 0 Å². The second-order valence-electron chi connectivity index (χ2n) is 4.25. The molecule has 0 radical (unpaired) electrons. The van der Waals surface area contributed by atoms with Gasteiger partial charge in [-0.1, -0.05) is 36.4 Å². The SMILES string of the molecule is C1=NN=C2SC(c3ccc4ccccc4c3)=NC12. The van der Waals surface area contributed by atoms with E-state index in [1.54, 1.807) is 18.0 Å². The van der Waals surface area contributed by atoms with Gasteiger partial charge >= 0.3 is 0 Å². The Labute approximate surface area is 108 Å². The summed E-state index contributed by atoms with van der Waals surface area (Å²) in [5, 5.41) is 12.5. The van der Waals surface area contributed by atoms with E-state index in [4.69, 9.17) is 0 Å². The lowest BCUT2D eigenvalue weighted by Crippen LogP contribution is -2.06. The Hall–Kier alpha value is -1.94. The maximum atomic E-state index is 4.63. The molecule has 0 aliphatic carbocycles. The van der Waals surface area contributed by atoms with Crippen LogP contribution in [0.15, 0.2) is 57.7 Å². The number of nitrogens with zero attached hydrogens (tertiary/aromatic N) is 3. The number of rotatable bonds is 1. The summed E-state index contributed by atoms with van der Waals surface area (Å²) >= 11 is 1.62. The number of benzene rings is 2. The maximum absolute atomic E-state index is 4.63. The highest BCUT2D eigenvalue weighted by molar-refractivity contribution is 8.27. The standard InChI is InChI=1S/C14H9N3S/c1-2-4-10-7-11(6-5-9(10)3-1)13-16-12-8-15-17-14(12)18-13/h1-8,12H. The van der Waals surface area contributed by atoms with Gasteiger partial charge in [-0.05, 0) is 28.6 Å². The van der Waals surface area contributed by atoms with Crippen molar-refractivity contribution >= 4 is 38.8 Å². The molecule has 0 bridgehead atoms. The lowest BCUT2D eigenvalue weighted by Gasteiger charge is -2.02. The molecule has 2 aliphatic rings. The molecule has 2 heterocycles. The average Bonchev–Trinajstić information content (AvgIpc) is 2.99. The van der Waals surface area contributed by atoms with Crippen molar-refractivity contribution in [1.29, 1.82) is 0 Å². The van der Waals surface area contributed by atoms with Crippen LogP contribution in [0.2, 0.25) is 0 Å². The highest BCUT2D eigenvalue weighted by Crippen LogP contribution is 2.29. The number of hydrogen-bond donors (Lipinski definition) is 0. The summed E-state index contributed by atoms with van der Waals surface area (Å²) in [6.45, 7) is 0. The van der Waals surface area contributed by atoms with E-state index >= 15 is 0 Å². The molecule has 1 atom stereocenters. The minimum atomic E-state index is 0.0523. The number of fused-ring (bicyclic) bond motifs is 2. The molecule has 0 saturated heterocycles. The molecule has 4 heteroatoms. The van der Waals surface area contributed by atoms with Gasteiger partial charge in [-0.2, -0.15) is 5.10 Å². The molecule has 0 amide bonds. The van der Waals surface area contributed by atoms with Crippen LogP contribution in [0, 0.1) is 0 Å². The highest BCUT2D eigenvalue weighted by Gasteiger charge is 2.28. The number of thioether (sulfide) groups is 1. The van der Waals surface area contributed by atoms with Crippen molar-refractivity contribution in [3.63, 3.8) is 0 Å². The first kappa shape index (κ1) is 10.0. The first-order chi connectivity index (χ1) is 8.90. The molecule has 0 spiro atoms. The Balaban J connectivity index is 1.80. The van der Waals surface area contributed by atoms with Crippen LogP contribution in [0.1, 0.15) is 5.56 Å². The normalized spacial score (nSPS) is 21.0. The summed E-state index contributed by atoms with van der Waals surface area (Å²) in [4.78, 5) is 4.63. The van der Waals surface area contributed by atoms with Gasteiger partial charge in [0.15, 0.2) is 0 Å². The fourth-order valence-corrected chi connectivity index (χ4v) is 3.08. The van der Waals surface area contributed by atoms with Crippen molar-refractivity contribution in [2.45, 2.75) is 6.04 Å². The molecular weight excluding hydrogens is 242 g/mol. The predicted molar refractivity (Wildman–Crippen MR) is 77.8 cm³/mol. The van der Waals surface area contributed by atoms with Crippen molar-refractivity contribution in [3.05, 3.63) is 48.0 Å². The summed E-state index contributed by atoms with van der Waals surface area (Å²) in [5.74, 6) is 0. The van der Waals surface area contributed by atoms with E-state index in [1.807, 2.05) is 0 Å². The molecule has 2 aliphatic heterocycles. The van der Waals surface area contributed by atoms with Gasteiger partial charge in [-0.25, -0.2) is 0 Å². The molecule has 2 aromatic rings.